The molecule has 19 heavy (non-hydrogen) atoms. The van der Waals surface area contributed by atoms with Crippen LogP contribution in [0.15, 0.2) is 18.2 Å². The van der Waals surface area contributed by atoms with Crippen molar-refractivity contribution in [1.82, 2.24) is 4.98 Å². The summed E-state index contributed by atoms with van der Waals surface area (Å²) in [5, 5.41) is 4.05. The summed E-state index contributed by atoms with van der Waals surface area (Å²) in [5.41, 5.74) is 2.36. The first-order valence-corrected chi connectivity index (χ1v) is 7.05. The van der Waals surface area contributed by atoms with Gasteiger partial charge in [-0.3, -0.25) is 4.98 Å². The molecule has 100 valence electrons. The second-order valence-corrected chi connectivity index (χ2v) is 5.49. The van der Waals surface area contributed by atoms with E-state index in [-0.39, 0.29) is 5.82 Å². The predicted molar refractivity (Wildman–Crippen MR) is 77.5 cm³/mol. The third-order valence-corrected chi connectivity index (χ3v) is 4.23. The van der Waals surface area contributed by atoms with Crippen LogP contribution in [-0.2, 0) is 0 Å². The van der Waals surface area contributed by atoms with Crippen molar-refractivity contribution in [3.63, 3.8) is 0 Å². The lowest BCUT2D eigenvalue weighted by Gasteiger charge is -2.14. The van der Waals surface area contributed by atoms with E-state index < -0.39 is 0 Å². The largest absolute Gasteiger partial charge is 0.387 e. The van der Waals surface area contributed by atoms with Gasteiger partial charge in [-0.25, -0.2) is 4.39 Å². The van der Waals surface area contributed by atoms with Crippen LogP contribution in [0.2, 0.25) is 5.02 Å². The zero-order valence-corrected chi connectivity index (χ0v) is 11.6. The van der Waals surface area contributed by atoms with Gasteiger partial charge in [0.15, 0.2) is 0 Å². The smallest absolute Gasteiger partial charge is 0.134 e. The van der Waals surface area contributed by atoms with Gasteiger partial charge < -0.3 is 5.32 Å². The van der Waals surface area contributed by atoms with Crippen molar-refractivity contribution in [2.75, 3.05) is 12.4 Å². The van der Waals surface area contributed by atoms with Gasteiger partial charge in [-0.1, -0.05) is 24.4 Å². The molecule has 0 radical (unpaired) electrons. The van der Waals surface area contributed by atoms with Gasteiger partial charge in [-0.15, -0.1) is 0 Å². The van der Waals surface area contributed by atoms with E-state index in [4.69, 9.17) is 11.6 Å². The third-order valence-electron chi connectivity index (χ3n) is 3.92. The summed E-state index contributed by atoms with van der Waals surface area (Å²) >= 11 is 6.18. The number of halogens is 2. The fraction of sp³-hybridized carbons (Fsp3) is 0.400. The van der Waals surface area contributed by atoms with Crippen molar-refractivity contribution in [3.05, 3.63) is 34.7 Å². The van der Waals surface area contributed by atoms with Crippen molar-refractivity contribution < 1.29 is 4.39 Å². The number of nitrogens with zero attached hydrogens (tertiary/aromatic N) is 1. The van der Waals surface area contributed by atoms with Crippen LogP contribution in [0, 0.1) is 5.82 Å². The summed E-state index contributed by atoms with van der Waals surface area (Å²) in [6, 6.07) is 4.93. The third kappa shape index (κ3) is 2.16. The summed E-state index contributed by atoms with van der Waals surface area (Å²) in [4.78, 5) is 4.61. The Morgan fingerprint density at radius 3 is 2.74 bits per heavy atom. The van der Waals surface area contributed by atoms with E-state index in [2.05, 4.69) is 10.3 Å². The molecule has 1 fully saturated rings. The fourth-order valence-electron chi connectivity index (χ4n) is 2.92. The molecule has 0 saturated heterocycles. The van der Waals surface area contributed by atoms with Crippen molar-refractivity contribution >= 4 is 28.2 Å². The molecule has 0 atom stereocenters. The molecule has 0 amide bonds. The Balaban J connectivity index is 2.24. The molecular formula is C15H16ClFN2. The number of hydrogen-bond donors (Lipinski definition) is 1. The highest BCUT2D eigenvalue weighted by Gasteiger charge is 2.21. The van der Waals surface area contributed by atoms with Crippen LogP contribution in [0.25, 0.3) is 10.9 Å². The minimum absolute atomic E-state index is 0.283. The molecule has 1 N–H and O–H groups in total. The maximum absolute atomic E-state index is 14.0. The molecule has 2 aromatic rings. The molecule has 3 rings (SSSR count). The first-order chi connectivity index (χ1) is 9.20. The summed E-state index contributed by atoms with van der Waals surface area (Å²) in [6.07, 6.45) is 4.81. The predicted octanol–water partition coefficient (Wildman–Crippen LogP) is 4.73. The SMILES string of the molecule is CNc1cc(C2CCCC2)nc2c(Cl)ccc(F)c12. The van der Waals surface area contributed by atoms with E-state index in [9.17, 15) is 4.39 Å². The molecule has 1 aliphatic rings. The second kappa shape index (κ2) is 4.97. The summed E-state index contributed by atoms with van der Waals surface area (Å²) < 4.78 is 14.0. The first-order valence-electron chi connectivity index (χ1n) is 6.67. The Labute approximate surface area is 117 Å². The first kappa shape index (κ1) is 12.7. The highest BCUT2D eigenvalue weighted by molar-refractivity contribution is 6.35. The maximum Gasteiger partial charge on any atom is 0.134 e. The Hall–Kier alpha value is -1.35. The minimum atomic E-state index is -0.283. The van der Waals surface area contributed by atoms with Gasteiger partial charge >= 0.3 is 0 Å². The van der Waals surface area contributed by atoms with Gasteiger partial charge in [-0.2, -0.15) is 0 Å². The average Bonchev–Trinajstić information content (AvgIpc) is 2.96. The van der Waals surface area contributed by atoms with Crippen LogP contribution in [-0.4, -0.2) is 12.0 Å². The molecule has 0 bridgehead atoms. The Morgan fingerprint density at radius 1 is 1.32 bits per heavy atom. The van der Waals surface area contributed by atoms with Gasteiger partial charge in [-0.05, 0) is 31.0 Å². The molecule has 1 saturated carbocycles. The molecule has 2 nitrogen and oxygen atoms in total. The van der Waals surface area contributed by atoms with Gasteiger partial charge in [0.1, 0.15) is 5.82 Å². The number of aromatic nitrogens is 1. The lowest BCUT2D eigenvalue weighted by atomic mass is 10.0. The molecule has 1 heterocycles. The topological polar surface area (TPSA) is 24.9 Å². The summed E-state index contributed by atoms with van der Waals surface area (Å²) in [6.45, 7) is 0. The van der Waals surface area contributed by atoms with Gasteiger partial charge in [0.05, 0.1) is 15.9 Å². The highest BCUT2D eigenvalue weighted by atomic mass is 35.5. The van der Waals surface area contributed by atoms with E-state index in [1.807, 2.05) is 6.07 Å². The molecular weight excluding hydrogens is 263 g/mol. The van der Waals surface area contributed by atoms with Crippen LogP contribution < -0.4 is 5.32 Å². The standard InChI is InChI=1S/C15H16ClFN2/c1-18-13-8-12(9-4-2-3-5-9)19-15-10(16)6-7-11(17)14(13)15/h6-9H,2-5H2,1H3,(H,18,19). The Kier molecular flexibility index (Phi) is 3.31. The van der Waals surface area contributed by atoms with Gasteiger partial charge in [0.25, 0.3) is 0 Å². The zero-order chi connectivity index (χ0) is 13.4. The van der Waals surface area contributed by atoms with E-state index in [1.165, 1.54) is 18.9 Å². The molecule has 1 aromatic heterocycles. The maximum atomic E-state index is 14.0. The van der Waals surface area contributed by atoms with Crippen LogP contribution in [0.5, 0.6) is 0 Å². The van der Waals surface area contributed by atoms with E-state index >= 15 is 0 Å². The quantitative estimate of drug-likeness (QED) is 0.859. The summed E-state index contributed by atoms with van der Waals surface area (Å²) in [7, 11) is 1.80. The number of benzene rings is 1. The van der Waals surface area contributed by atoms with Crippen molar-refractivity contribution in [3.8, 4) is 0 Å². The fourth-order valence-corrected chi connectivity index (χ4v) is 3.12. The number of fused-ring (bicyclic) bond motifs is 1. The van der Waals surface area contributed by atoms with Crippen LogP contribution >= 0.6 is 11.6 Å². The average molecular weight is 279 g/mol. The van der Waals surface area contributed by atoms with Crippen LogP contribution in [0.4, 0.5) is 10.1 Å². The Bertz CT molecular complexity index is 621. The molecule has 0 aliphatic heterocycles. The minimum Gasteiger partial charge on any atom is -0.387 e. The Morgan fingerprint density at radius 2 is 2.05 bits per heavy atom. The number of rotatable bonds is 2. The number of hydrogen-bond acceptors (Lipinski definition) is 2. The molecule has 4 heteroatoms. The van der Waals surface area contributed by atoms with Crippen molar-refractivity contribution in [2.45, 2.75) is 31.6 Å². The zero-order valence-electron chi connectivity index (χ0n) is 10.8. The number of pyridine rings is 1. The highest BCUT2D eigenvalue weighted by Crippen LogP contribution is 2.37. The van der Waals surface area contributed by atoms with E-state index in [1.54, 1.807) is 13.1 Å². The van der Waals surface area contributed by atoms with Gasteiger partial charge in [0.2, 0.25) is 0 Å². The normalized spacial score (nSPS) is 16.2. The summed E-state index contributed by atoms with van der Waals surface area (Å²) in [5.74, 6) is 0.199. The lowest BCUT2D eigenvalue weighted by molar-refractivity contribution is 0.639. The van der Waals surface area contributed by atoms with Gasteiger partial charge in [0, 0.05) is 24.3 Å². The van der Waals surface area contributed by atoms with Crippen molar-refractivity contribution in [1.29, 1.82) is 0 Å². The monoisotopic (exact) mass is 278 g/mol. The second-order valence-electron chi connectivity index (χ2n) is 5.08. The molecule has 0 unspecified atom stereocenters. The van der Waals surface area contributed by atoms with Crippen LogP contribution in [0.1, 0.15) is 37.3 Å². The van der Waals surface area contributed by atoms with E-state index in [0.717, 1.165) is 24.2 Å². The number of anilines is 1. The van der Waals surface area contributed by atoms with Crippen molar-refractivity contribution in [2.24, 2.45) is 0 Å². The lowest BCUT2D eigenvalue weighted by Crippen LogP contribution is -2.01. The molecule has 1 aromatic carbocycles. The van der Waals surface area contributed by atoms with E-state index in [0.29, 0.717) is 21.8 Å². The van der Waals surface area contributed by atoms with Crippen LogP contribution in [0.3, 0.4) is 0 Å². The molecule has 0 spiro atoms. The molecule has 1 aliphatic carbocycles. The number of nitrogens with one attached hydrogen (secondary N) is 1.